The van der Waals surface area contributed by atoms with Crippen molar-refractivity contribution < 1.29 is 13.2 Å². The van der Waals surface area contributed by atoms with Crippen LogP contribution in [0.3, 0.4) is 0 Å². The third-order valence-electron chi connectivity index (χ3n) is 3.65. The first kappa shape index (κ1) is 14.5. The Kier molecular flexibility index (Phi) is 3.58. The molecule has 22 heavy (non-hydrogen) atoms. The molecule has 1 amide bonds. The maximum atomic E-state index is 12.7. The van der Waals surface area contributed by atoms with Gasteiger partial charge < -0.3 is 0 Å². The summed E-state index contributed by atoms with van der Waals surface area (Å²) >= 11 is 0. The van der Waals surface area contributed by atoms with Gasteiger partial charge in [0.25, 0.3) is 5.91 Å². The Labute approximate surface area is 128 Å². The van der Waals surface area contributed by atoms with Crippen molar-refractivity contribution in [2.45, 2.75) is 22.5 Å². The van der Waals surface area contributed by atoms with Gasteiger partial charge in [-0.1, -0.05) is 24.3 Å². The fraction of sp³-hybridized carbons (Fsp3) is 0.200. The normalized spacial score (nSPS) is 15.8. The van der Waals surface area contributed by atoms with E-state index in [0.29, 0.717) is 18.7 Å². The van der Waals surface area contributed by atoms with E-state index in [2.05, 4.69) is 15.8 Å². The standard InChI is InChI=1S/C15H15N3O3S/c19-14(18-17-13-8-4-5-11-16-13)15(9-10-15)22(20,21)12-6-2-1-3-7-12/h1-8,11H,9-10H2,(H,16,17)(H,18,19). The van der Waals surface area contributed by atoms with Gasteiger partial charge in [-0.2, -0.15) is 0 Å². The van der Waals surface area contributed by atoms with E-state index in [1.54, 1.807) is 42.6 Å². The summed E-state index contributed by atoms with van der Waals surface area (Å²) in [5.74, 6) is -0.106. The topological polar surface area (TPSA) is 88.2 Å². The minimum Gasteiger partial charge on any atom is -0.282 e. The molecule has 1 fully saturated rings. The number of nitrogens with zero attached hydrogens (tertiary/aromatic N) is 1. The van der Waals surface area contributed by atoms with Gasteiger partial charge in [-0.15, -0.1) is 0 Å². The molecule has 0 spiro atoms. The van der Waals surface area contributed by atoms with E-state index in [4.69, 9.17) is 0 Å². The van der Waals surface area contributed by atoms with Crippen molar-refractivity contribution in [3.05, 3.63) is 54.7 Å². The Morgan fingerprint density at radius 2 is 1.73 bits per heavy atom. The molecule has 1 aliphatic rings. The number of rotatable bonds is 5. The van der Waals surface area contributed by atoms with Gasteiger partial charge in [0.2, 0.25) is 0 Å². The maximum Gasteiger partial charge on any atom is 0.260 e. The van der Waals surface area contributed by atoms with Crippen LogP contribution in [0.25, 0.3) is 0 Å². The molecule has 6 nitrogen and oxygen atoms in total. The van der Waals surface area contributed by atoms with E-state index in [9.17, 15) is 13.2 Å². The van der Waals surface area contributed by atoms with Gasteiger partial charge in [0, 0.05) is 6.20 Å². The first-order valence-corrected chi connectivity index (χ1v) is 8.32. The molecule has 1 saturated carbocycles. The Balaban J connectivity index is 1.77. The number of aromatic nitrogens is 1. The smallest absolute Gasteiger partial charge is 0.260 e. The van der Waals surface area contributed by atoms with Crippen LogP contribution >= 0.6 is 0 Å². The monoisotopic (exact) mass is 317 g/mol. The second-order valence-electron chi connectivity index (χ2n) is 5.10. The van der Waals surface area contributed by atoms with Crippen molar-refractivity contribution in [1.29, 1.82) is 0 Å². The second-order valence-corrected chi connectivity index (χ2v) is 7.36. The number of carbonyl (C=O) groups excluding carboxylic acids is 1. The highest BCUT2D eigenvalue weighted by Gasteiger charge is 2.61. The molecule has 0 radical (unpaired) electrons. The van der Waals surface area contributed by atoms with Crippen LogP contribution in [-0.2, 0) is 14.6 Å². The quantitative estimate of drug-likeness (QED) is 0.817. The molecule has 0 saturated heterocycles. The van der Waals surface area contributed by atoms with Crippen LogP contribution < -0.4 is 10.9 Å². The molecule has 1 aromatic heterocycles. The summed E-state index contributed by atoms with van der Waals surface area (Å²) in [5.41, 5.74) is 5.09. The van der Waals surface area contributed by atoms with Gasteiger partial charge in [0.1, 0.15) is 5.82 Å². The molecule has 7 heteroatoms. The summed E-state index contributed by atoms with van der Waals surface area (Å²) in [5, 5.41) is 0. The number of carbonyl (C=O) groups is 1. The van der Waals surface area contributed by atoms with Crippen molar-refractivity contribution >= 4 is 21.6 Å². The molecule has 1 heterocycles. The molecule has 1 aromatic carbocycles. The average molecular weight is 317 g/mol. The molecule has 114 valence electrons. The summed E-state index contributed by atoms with van der Waals surface area (Å²) in [4.78, 5) is 16.5. The lowest BCUT2D eigenvalue weighted by Gasteiger charge is -2.16. The number of amides is 1. The Bertz CT molecular complexity index is 772. The fourth-order valence-electron chi connectivity index (χ4n) is 2.23. The van der Waals surface area contributed by atoms with E-state index in [-0.39, 0.29) is 4.90 Å². The van der Waals surface area contributed by atoms with Crippen LogP contribution in [0.15, 0.2) is 59.6 Å². The number of hydrazine groups is 1. The van der Waals surface area contributed by atoms with E-state index < -0.39 is 20.5 Å². The number of sulfone groups is 1. The predicted molar refractivity (Wildman–Crippen MR) is 81.6 cm³/mol. The molecule has 2 N–H and O–H groups in total. The number of nitrogens with one attached hydrogen (secondary N) is 2. The average Bonchev–Trinajstić information content (AvgIpc) is 3.37. The van der Waals surface area contributed by atoms with Crippen LogP contribution in [0, 0.1) is 0 Å². The number of benzene rings is 1. The summed E-state index contributed by atoms with van der Waals surface area (Å²) in [6.07, 6.45) is 2.21. The van der Waals surface area contributed by atoms with Crippen molar-refractivity contribution in [3.8, 4) is 0 Å². The predicted octanol–water partition coefficient (Wildman–Crippen LogP) is 1.53. The molecule has 1 aliphatic carbocycles. The van der Waals surface area contributed by atoms with E-state index >= 15 is 0 Å². The molecular formula is C15H15N3O3S. The van der Waals surface area contributed by atoms with E-state index in [1.165, 1.54) is 12.1 Å². The third kappa shape index (κ3) is 2.43. The van der Waals surface area contributed by atoms with Crippen LogP contribution in [0.4, 0.5) is 5.82 Å². The van der Waals surface area contributed by atoms with Gasteiger partial charge in [-0.25, -0.2) is 13.4 Å². The fourth-order valence-corrected chi connectivity index (χ4v) is 4.13. The minimum atomic E-state index is -3.70. The van der Waals surface area contributed by atoms with Crippen molar-refractivity contribution in [3.63, 3.8) is 0 Å². The molecule has 0 aliphatic heterocycles. The second kappa shape index (κ2) is 5.42. The van der Waals surface area contributed by atoms with Crippen molar-refractivity contribution in [2.75, 3.05) is 5.43 Å². The maximum absolute atomic E-state index is 12.7. The Morgan fingerprint density at radius 1 is 1.05 bits per heavy atom. The minimum absolute atomic E-state index is 0.167. The Morgan fingerprint density at radius 3 is 2.32 bits per heavy atom. The first-order valence-electron chi connectivity index (χ1n) is 6.83. The lowest BCUT2D eigenvalue weighted by molar-refractivity contribution is -0.120. The van der Waals surface area contributed by atoms with Gasteiger partial charge in [-0.05, 0) is 37.1 Å². The van der Waals surface area contributed by atoms with Crippen LogP contribution in [-0.4, -0.2) is 24.1 Å². The highest BCUT2D eigenvalue weighted by Crippen LogP contribution is 2.46. The SMILES string of the molecule is O=C(NNc1ccccn1)C1(S(=O)(=O)c2ccccc2)CC1. The van der Waals surface area contributed by atoms with Crippen molar-refractivity contribution in [1.82, 2.24) is 10.4 Å². The van der Waals surface area contributed by atoms with Crippen molar-refractivity contribution in [2.24, 2.45) is 0 Å². The summed E-state index contributed by atoms with van der Waals surface area (Å²) in [7, 11) is -3.70. The Hall–Kier alpha value is -2.41. The first-order chi connectivity index (χ1) is 10.6. The highest BCUT2D eigenvalue weighted by atomic mass is 32.2. The summed E-state index contributed by atoms with van der Waals surface area (Å²) in [6.45, 7) is 0. The van der Waals surface area contributed by atoms with E-state index in [0.717, 1.165) is 0 Å². The highest BCUT2D eigenvalue weighted by molar-refractivity contribution is 7.94. The lowest BCUT2D eigenvalue weighted by atomic mass is 10.4. The molecule has 2 aromatic rings. The third-order valence-corrected chi connectivity index (χ3v) is 6.17. The molecular weight excluding hydrogens is 302 g/mol. The molecule has 3 rings (SSSR count). The molecule has 0 bridgehead atoms. The largest absolute Gasteiger partial charge is 0.282 e. The van der Waals surface area contributed by atoms with Gasteiger partial charge in [0.15, 0.2) is 14.6 Å². The molecule has 0 atom stereocenters. The van der Waals surface area contributed by atoms with Crippen LogP contribution in [0.2, 0.25) is 0 Å². The summed E-state index contributed by atoms with van der Waals surface area (Å²) < 4.78 is 24.0. The van der Waals surface area contributed by atoms with Crippen LogP contribution in [0.5, 0.6) is 0 Å². The van der Waals surface area contributed by atoms with Crippen LogP contribution in [0.1, 0.15) is 12.8 Å². The number of hydrogen-bond acceptors (Lipinski definition) is 5. The molecule has 0 unspecified atom stereocenters. The number of anilines is 1. The summed E-state index contributed by atoms with van der Waals surface area (Å²) in [6, 6.07) is 13.2. The zero-order valence-electron chi connectivity index (χ0n) is 11.7. The van der Waals surface area contributed by atoms with Gasteiger partial charge in [0.05, 0.1) is 4.90 Å². The zero-order chi connectivity index (χ0) is 15.6. The zero-order valence-corrected chi connectivity index (χ0v) is 12.5. The van der Waals surface area contributed by atoms with E-state index in [1.807, 2.05) is 0 Å². The number of pyridine rings is 1. The van der Waals surface area contributed by atoms with Gasteiger partial charge >= 0.3 is 0 Å². The van der Waals surface area contributed by atoms with Gasteiger partial charge in [-0.3, -0.25) is 15.6 Å². The number of hydrogen-bond donors (Lipinski definition) is 2. The lowest BCUT2D eigenvalue weighted by Crippen LogP contribution is -2.44.